The van der Waals surface area contributed by atoms with Crippen molar-refractivity contribution in [2.24, 2.45) is 0 Å². The lowest BCUT2D eigenvalue weighted by Gasteiger charge is -2.10. The van der Waals surface area contributed by atoms with Gasteiger partial charge in [0.25, 0.3) is 0 Å². The number of benzene rings is 2. The summed E-state index contributed by atoms with van der Waals surface area (Å²) in [6.45, 7) is 14.2. The van der Waals surface area contributed by atoms with Crippen LogP contribution in [0.15, 0.2) is 85.0 Å². The van der Waals surface area contributed by atoms with Gasteiger partial charge in [-0.25, -0.2) is 4.68 Å². The van der Waals surface area contributed by atoms with E-state index in [0.717, 1.165) is 35.2 Å². The molecule has 0 radical (unpaired) electrons. The van der Waals surface area contributed by atoms with Crippen LogP contribution in [0.1, 0.15) is 74.8 Å². The van der Waals surface area contributed by atoms with Gasteiger partial charge in [-0.15, -0.1) is 0 Å². The number of rotatable bonds is 10. The predicted molar refractivity (Wildman–Crippen MR) is 176 cm³/mol. The van der Waals surface area contributed by atoms with E-state index in [1.54, 1.807) is 10.7 Å². The first-order chi connectivity index (χ1) is 19.3. The van der Waals surface area contributed by atoms with Crippen LogP contribution in [0.2, 0.25) is 10.0 Å². The topological polar surface area (TPSA) is 46.9 Å². The maximum Gasteiger partial charge on any atom is 0.170 e. The lowest BCUT2D eigenvalue weighted by atomic mass is 10.1. The Morgan fingerprint density at radius 1 is 1.05 bits per heavy atom. The van der Waals surface area contributed by atoms with Crippen LogP contribution in [0.4, 0.5) is 0 Å². The number of nitrogens with zero attached hydrogens (tertiary/aromatic N) is 2. The van der Waals surface area contributed by atoms with Gasteiger partial charge in [0.05, 0.1) is 16.4 Å². The molecule has 1 N–H and O–H groups in total. The number of allylic oxidation sites excluding steroid dienone is 3. The molecule has 6 heteroatoms. The molecule has 2 aromatic carbocycles. The molecule has 0 aliphatic rings. The number of likely N-dealkylation sites (N-methyl/N-ethyl adjacent to an activating group) is 1. The summed E-state index contributed by atoms with van der Waals surface area (Å²) in [7, 11) is 1.95. The van der Waals surface area contributed by atoms with Gasteiger partial charge in [-0.2, -0.15) is 5.10 Å². The first-order valence-corrected chi connectivity index (χ1v) is 14.4. The van der Waals surface area contributed by atoms with Gasteiger partial charge in [-0.1, -0.05) is 112 Å². The van der Waals surface area contributed by atoms with Crippen molar-refractivity contribution < 1.29 is 4.79 Å². The highest BCUT2D eigenvalue weighted by atomic mass is 35.5. The van der Waals surface area contributed by atoms with Gasteiger partial charge in [0, 0.05) is 11.1 Å². The summed E-state index contributed by atoms with van der Waals surface area (Å²) < 4.78 is 1.68. The Kier molecular flexibility index (Phi) is 17.3. The van der Waals surface area contributed by atoms with Crippen molar-refractivity contribution in [1.29, 1.82) is 0 Å². The molecule has 0 amide bonds. The molecule has 0 aliphatic carbocycles. The van der Waals surface area contributed by atoms with E-state index in [9.17, 15) is 4.79 Å². The lowest BCUT2D eigenvalue weighted by molar-refractivity contribution is 0.111. The van der Waals surface area contributed by atoms with E-state index in [4.69, 9.17) is 23.2 Å². The molecule has 0 saturated heterocycles. The highest BCUT2D eigenvalue weighted by Gasteiger charge is 2.11. The average molecular weight is 581 g/mol. The Bertz CT molecular complexity index is 1270. The van der Waals surface area contributed by atoms with E-state index in [1.807, 2.05) is 86.8 Å². The molecule has 0 spiro atoms. The maximum absolute atomic E-state index is 11.2. The molecule has 40 heavy (non-hydrogen) atoms. The second-order valence-corrected chi connectivity index (χ2v) is 9.80. The van der Waals surface area contributed by atoms with Gasteiger partial charge in [-0.3, -0.25) is 4.79 Å². The van der Waals surface area contributed by atoms with Gasteiger partial charge >= 0.3 is 0 Å². The zero-order chi connectivity index (χ0) is 29.9. The monoisotopic (exact) mass is 579 g/mol. The highest BCUT2D eigenvalue weighted by Crippen LogP contribution is 2.24. The number of unbranched alkanes of at least 4 members (excludes halogenated alkanes) is 1. The zero-order valence-corrected chi connectivity index (χ0v) is 26.1. The number of hydrogen-bond donors (Lipinski definition) is 1. The van der Waals surface area contributed by atoms with E-state index in [2.05, 4.69) is 50.8 Å². The number of hydrogen-bond acceptors (Lipinski definition) is 3. The van der Waals surface area contributed by atoms with Crippen LogP contribution in [0.3, 0.4) is 0 Å². The van der Waals surface area contributed by atoms with Crippen LogP contribution in [-0.4, -0.2) is 29.2 Å². The van der Waals surface area contributed by atoms with Gasteiger partial charge in [0.1, 0.15) is 5.69 Å². The van der Waals surface area contributed by atoms with Gasteiger partial charge < -0.3 is 5.32 Å². The van der Waals surface area contributed by atoms with Crippen molar-refractivity contribution in [2.75, 3.05) is 7.05 Å². The molecular formula is C34H43Cl2N3O. The van der Waals surface area contributed by atoms with Crippen LogP contribution in [0.25, 0.3) is 17.8 Å². The second-order valence-electron chi connectivity index (χ2n) is 8.96. The Hall–Kier alpha value is -3.18. The van der Waals surface area contributed by atoms with E-state index in [1.165, 1.54) is 18.4 Å². The van der Waals surface area contributed by atoms with Crippen LogP contribution >= 0.6 is 23.2 Å². The minimum atomic E-state index is 0.353. The standard InChI is InChI=1S/C20H16Cl2N2O.C10H17N.C4H10/c1-2-14-6-10-20(19(22)11-14)24-18(12-17(13-25)23-24)9-5-15-3-7-16(21)8-4-15;1-5-7-10(8-6-2)9(3)11-4;1-3-4-2/h3-13H,2H2,1H3;5-9,11H,1H2,2-4H3;3-4H2,1-2H3/b9-5+;8-6-,10-7+;. The van der Waals surface area contributed by atoms with Gasteiger partial charge in [0.2, 0.25) is 0 Å². The Morgan fingerprint density at radius 2 is 1.73 bits per heavy atom. The number of aromatic nitrogens is 2. The maximum atomic E-state index is 11.2. The van der Waals surface area contributed by atoms with E-state index < -0.39 is 0 Å². The van der Waals surface area contributed by atoms with Crippen molar-refractivity contribution in [3.63, 3.8) is 0 Å². The molecule has 0 aliphatic heterocycles. The van der Waals surface area contributed by atoms with Gasteiger partial charge in [0.15, 0.2) is 6.29 Å². The molecule has 3 rings (SSSR count). The number of halogens is 2. The summed E-state index contributed by atoms with van der Waals surface area (Å²) in [5, 5.41) is 8.79. The first-order valence-electron chi connectivity index (χ1n) is 13.7. The van der Waals surface area contributed by atoms with Crippen LogP contribution in [-0.2, 0) is 6.42 Å². The smallest absolute Gasteiger partial charge is 0.170 e. The number of carbonyl (C=O) groups is 1. The third-order valence-electron chi connectivity index (χ3n) is 5.94. The fourth-order valence-electron chi connectivity index (χ4n) is 3.32. The van der Waals surface area contributed by atoms with E-state index >= 15 is 0 Å². The first kappa shape index (κ1) is 34.8. The average Bonchev–Trinajstić information content (AvgIpc) is 3.39. The van der Waals surface area contributed by atoms with Gasteiger partial charge in [-0.05, 0) is 80.4 Å². The molecule has 0 saturated carbocycles. The number of nitrogens with one attached hydrogen (secondary N) is 1. The zero-order valence-electron chi connectivity index (χ0n) is 24.6. The van der Waals surface area contributed by atoms with Crippen molar-refractivity contribution in [3.05, 3.63) is 118 Å². The van der Waals surface area contributed by atoms with Crippen molar-refractivity contribution in [2.45, 2.75) is 59.9 Å². The summed E-state index contributed by atoms with van der Waals surface area (Å²) in [6, 6.07) is 15.5. The predicted octanol–water partition coefficient (Wildman–Crippen LogP) is 9.81. The van der Waals surface area contributed by atoms with Crippen molar-refractivity contribution in [3.8, 4) is 5.69 Å². The molecular weight excluding hydrogens is 537 g/mol. The Morgan fingerprint density at radius 3 is 2.23 bits per heavy atom. The lowest BCUT2D eigenvalue weighted by Crippen LogP contribution is -2.22. The Labute approximate surface area is 251 Å². The molecule has 1 unspecified atom stereocenters. The molecule has 0 fully saturated rings. The third kappa shape index (κ3) is 11.9. The van der Waals surface area contributed by atoms with E-state index in [0.29, 0.717) is 21.8 Å². The molecule has 4 nitrogen and oxygen atoms in total. The minimum absolute atomic E-state index is 0.353. The number of aryl methyl sites for hydroxylation is 1. The minimum Gasteiger partial charge on any atom is -0.313 e. The number of aldehydes is 1. The normalized spacial score (nSPS) is 11.9. The molecule has 214 valence electrons. The van der Waals surface area contributed by atoms with Crippen LogP contribution in [0.5, 0.6) is 0 Å². The second kappa shape index (κ2) is 19.8. The highest BCUT2D eigenvalue weighted by molar-refractivity contribution is 6.32. The Balaban J connectivity index is 0.000000446. The SMILES string of the molecule is C=C/C=C(\C=C/C)C(C)NC.CCCC.CCc1ccc(-n2nc(C=O)cc2/C=C/c2ccc(Cl)cc2)c(Cl)c1. The van der Waals surface area contributed by atoms with Crippen molar-refractivity contribution >= 4 is 41.6 Å². The van der Waals surface area contributed by atoms with Crippen LogP contribution in [0, 0.1) is 0 Å². The third-order valence-corrected chi connectivity index (χ3v) is 6.50. The summed E-state index contributed by atoms with van der Waals surface area (Å²) >= 11 is 12.3. The molecule has 1 atom stereocenters. The van der Waals surface area contributed by atoms with E-state index in [-0.39, 0.29) is 0 Å². The molecule has 3 aromatic rings. The summed E-state index contributed by atoms with van der Waals surface area (Å²) in [6.07, 6.45) is 16.0. The summed E-state index contributed by atoms with van der Waals surface area (Å²) in [4.78, 5) is 11.2. The number of carbonyl (C=O) groups excluding carboxylic acids is 1. The molecule has 1 heterocycles. The fraction of sp³-hybridized carbons (Fsp3) is 0.294. The quantitative estimate of drug-likeness (QED) is 0.192. The summed E-state index contributed by atoms with van der Waals surface area (Å²) in [5.74, 6) is 0. The molecule has 1 aromatic heterocycles. The fourth-order valence-corrected chi connectivity index (χ4v) is 3.73. The van der Waals surface area contributed by atoms with Crippen molar-refractivity contribution in [1.82, 2.24) is 15.1 Å². The van der Waals surface area contributed by atoms with Crippen LogP contribution < -0.4 is 5.32 Å². The largest absolute Gasteiger partial charge is 0.313 e. The summed E-state index contributed by atoms with van der Waals surface area (Å²) in [5.41, 5.74) is 5.26. The molecule has 0 bridgehead atoms.